The average molecular weight is 271 g/mol. The van der Waals surface area contributed by atoms with Gasteiger partial charge in [-0.25, -0.2) is 4.39 Å². The first-order valence-electron chi connectivity index (χ1n) is 5.87. The molecular formula is C14H11BFNO3. The summed E-state index contributed by atoms with van der Waals surface area (Å²) >= 11 is 0. The summed E-state index contributed by atoms with van der Waals surface area (Å²) in [5.41, 5.74) is 1.46. The van der Waals surface area contributed by atoms with E-state index in [4.69, 9.17) is 20.0 Å². The normalized spacial score (nSPS) is 9.90. The summed E-state index contributed by atoms with van der Waals surface area (Å²) in [6.45, 7) is 0.119. The smallest absolute Gasteiger partial charge is 0.486 e. The Morgan fingerprint density at radius 3 is 2.45 bits per heavy atom. The molecule has 2 aromatic rings. The molecule has 20 heavy (non-hydrogen) atoms. The maximum absolute atomic E-state index is 13.5. The molecule has 0 aliphatic heterocycles. The van der Waals surface area contributed by atoms with Crippen molar-refractivity contribution in [1.82, 2.24) is 0 Å². The molecule has 0 unspecified atom stereocenters. The van der Waals surface area contributed by atoms with E-state index in [0.717, 1.165) is 11.6 Å². The van der Waals surface area contributed by atoms with Crippen molar-refractivity contribution < 1.29 is 19.2 Å². The van der Waals surface area contributed by atoms with Crippen LogP contribution in [0.5, 0.6) is 5.75 Å². The van der Waals surface area contributed by atoms with E-state index in [1.165, 1.54) is 12.1 Å². The lowest BCUT2D eigenvalue weighted by molar-refractivity contribution is 0.290. The molecule has 0 aromatic heterocycles. The minimum absolute atomic E-state index is 0.0556. The molecule has 0 aliphatic carbocycles. The van der Waals surface area contributed by atoms with E-state index in [0.29, 0.717) is 5.56 Å². The Labute approximate surface area is 115 Å². The standard InChI is InChI=1S/C14H11BFNO3/c16-13-6-5-12(15(18)19)7-14(13)20-9-11-3-1-10(8-17)2-4-11/h1-7,18-19H,9H2. The Hall–Kier alpha value is -2.36. The molecule has 2 N–H and O–H groups in total. The number of hydrogen-bond donors (Lipinski definition) is 2. The molecule has 0 fully saturated rings. The molecule has 0 saturated heterocycles. The van der Waals surface area contributed by atoms with Gasteiger partial charge >= 0.3 is 7.12 Å². The molecule has 0 bridgehead atoms. The second-order valence-electron chi connectivity index (χ2n) is 4.16. The van der Waals surface area contributed by atoms with Gasteiger partial charge in [-0.1, -0.05) is 18.2 Å². The summed E-state index contributed by atoms with van der Waals surface area (Å²) in [7, 11) is -1.67. The molecule has 2 rings (SSSR count). The van der Waals surface area contributed by atoms with Gasteiger partial charge in [-0.3, -0.25) is 0 Å². The molecule has 6 heteroatoms. The van der Waals surface area contributed by atoms with Crippen LogP contribution in [0.25, 0.3) is 0 Å². The zero-order chi connectivity index (χ0) is 14.5. The highest BCUT2D eigenvalue weighted by Gasteiger charge is 2.14. The van der Waals surface area contributed by atoms with E-state index >= 15 is 0 Å². The first kappa shape index (κ1) is 14.1. The lowest BCUT2D eigenvalue weighted by atomic mass is 9.80. The maximum Gasteiger partial charge on any atom is 0.488 e. The van der Waals surface area contributed by atoms with Crippen LogP contribution < -0.4 is 10.2 Å². The Bertz CT molecular complexity index is 638. The van der Waals surface area contributed by atoms with Gasteiger partial charge in [-0.2, -0.15) is 5.26 Å². The first-order chi connectivity index (χ1) is 9.60. The van der Waals surface area contributed by atoms with Gasteiger partial charge in [0, 0.05) is 0 Å². The predicted molar refractivity (Wildman–Crippen MR) is 71.7 cm³/mol. The second-order valence-corrected chi connectivity index (χ2v) is 4.16. The Morgan fingerprint density at radius 2 is 1.85 bits per heavy atom. The Kier molecular flexibility index (Phi) is 4.36. The highest BCUT2D eigenvalue weighted by Crippen LogP contribution is 2.16. The fourth-order valence-electron chi connectivity index (χ4n) is 1.63. The Morgan fingerprint density at radius 1 is 1.15 bits per heavy atom. The van der Waals surface area contributed by atoms with Crippen LogP contribution in [0.15, 0.2) is 42.5 Å². The summed E-state index contributed by atoms with van der Waals surface area (Å²) in [6.07, 6.45) is 0. The minimum Gasteiger partial charge on any atom is -0.486 e. The molecule has 0 radical (unpaired) electrons. The van der Waals surface area contributed by atoms with Crippen LogP contribution in [0.4, 0.5) is 4.39 Å². The fraction of sp³-hybridized carbons (Fsp3) is 0.0714. The van der Waals surface area contributed by atoms with Crippen LogP contribution in [0, 0.1) is 17.1 Å². The van der Waals surface area contributed by atoms with Gasteiger partial charge in [-0.15, -0.1) is 0 Å². The molecule has 0 heterocycles. The van der Waals surface area contributed by atoms with Gasteiger partial charge in [0.2, 0.25) is 0 Å². The first-order valence-corrected chi connectivity index (χ1v) is 5.87. The third-order valence-corrected chi connectivity index (χ3v) is 2.73. The van der Waals surface area contributed by atoms with Crippen molar-refractivity contribution in [3.8, 4) is 11.8 Å². The molecule has 0 amide bonds. The molecule has 0 spiro atoms. The summed E-state index contributed by atoms with van der Waals surface area (Å²) in [5, 5.41) is 26.7. The van der Waals surface area contributed by atoms with E-state index in [-0.39, 0.29) is 17.8 Å². The monoisotopic (exact) mass is 271 g/mol. The van der Waals surface area contributed by atoms with Crippen molar-refractivity contribution in [3.05, 3.63) is 59.4 Å². The molecule has 0 saturated carbocycles. The zero-order valence-corrected chi connectivity index (χ0v) is 10.5. The number of benzene rings is 2. The molecule has 100 valence electrons. The molecule has 4 nitrogen and oxygen atoms in total. The van der Waals surface area contributed by atoms with Crippen molar-refractivity contribution in [2.45, 2.75) is 6.61 Å². The van der Waals surface area contributed by atoms with E-state index in [1.54, 1.807) is 24.3 Å². The van der Waals surface area contributed by atoms with Crippen LogP contribution >= 0.6 is 0 Å². The average Bonchev–Trinajstić information content (AvgIpc) is 2.46. The van der Waals surface area contributed by atoms with Crippen molar-refractivity contribution in [3.63, 3.8) is 0 Å². The van der Waals surface area contributed by atoms with Gasteiger partial charge in [0.05, 0.1) is 11.6 Å². The zero-order valence-electron chi connectivity index (χ0n) is 10.5. The molecular weight excluding hydrogens is 260 g/mol. The van der Waals surface area contributed by atoms with Crippen molar-refractivity contribution in [2.24, 2.45) is 0 Å². The number of nitrogens with zero attached hydrogens (tertiary/aromatic N) is 1. The van der Waals surface area contributed by atoms with Crippen LogP contribution in [-0.2, 0) is 6.61 Å². The van der Waals surface area contributed by atoms with E-state index < -0.39 is 12.9 Å². The number of halogens is 1. The largest absolute Gasteiger partial charge is 0.488 e. The van der Waals surface area contributed by atoms with Crippen molar-refractivity contribution in [1.29, 1.82) is 5.26 Å². The maximum atomic E-state index is 13.5. The Balaban J connectivity index is 2.10. The third kappa shape index (κ3) is 3.35. The number of hydrogen-bond acceptors (Lipinski definition) is 4. The lowest BCUT2D eigenvalue weighted by Gasteiger charge is -2.09. The van der Waals surface area contributed by atoms with Crippen LogP contribution in [-0.4, -0.2) is 17.2 Å². The lowest BCUT2D eigenvalue weighted by Crippen LogP contribution is -2.29. The second kappa shape index (κ2) is 6.19. The van der Waals surface area contributed by atoms with Gasteiger partial charge in [0.1, 0.15) is 6.61 Å². The summed E-state index contributed by atoms with van der Waals surface area (Å²) in [6, 6.07) is 12.3. The number of rotatable bonds is 4. The van der Waals surface area contributed by atoms with Gasteiger partial charge < -0.3 is 14.8 Å². The van der Waals surface area contributed by atoms with Gasteiger partial charge in [0.15, 0.2) is 11.6 Å². The fourth-order valence-corrected chi connectivity index (χ4v) is 1.63. The highest BCUT2D eigenvalue weighted by molar-refractivity contribution is 6.58. The molecule has 0 atom stereocenters. The number of nitriles is 1. The summed E-state index contributed by atoms with van der Waals surface area (Å²) in [4.78, 5) is 0. The van der Waals surface area contributed by atoms with Crippen LogP contribution in [0.1, 0.15) is 11.1 Å². The quantitative estimate of drug-likeness (QED) is 0.812. The van der Waals surface area contributed by atoms with E-state index in [2.05, 4.69) is 0 Å². The third-order valence-electron chi connectivity index (χ3n) is 2.73. The molecule has 0 aliphatic rings. The van der Waals surface area contributed by atoms with Gasteiger partial charge in [-0.05, 0) is 35.3 Å². The summed E-state index contributed by atoms with van der Waals surface area (Å²) in [5.74, 6) is -0.636. The van der Waals surface area contributed by atoms with Gasteiger partial charge in [0.25, 0.3) is 0 Å². The van der Waals surface area contributed by atoms with Crippen molar-refractivity contribution >= 4 is 12.6 Å². The molecule has 2 aromatic carbocycles. The topological polar surface area (TPSA) is 73.5 Å². The van der Waals surface area contributed by atoms with E-state index in [1.807, 2.05) is 6.07 Å². The number of ether oxygens (including phenoxy) is 1. The SMILES string of the molecule is N#Cc1ccc(COc2cc(B(O)O)ccc2F)cc1. The minimum atomic E-state index is -1.67. The summed E-state index contributed by atoms with van der Waals surface area (Å²) < 4.78 is 18.8. The van der Waals surface area contributed by atoms with Crippen molar-refractivity contribution in [2.75, 3.05) is 0 Å². The highest BCUT2D eigenvalue weighted by atomic mass is 19.1. The van der Waals surface area contributed by atoms with Crippen LogP contribution in [0.2, 0.25) is 0 Å². The van der Waals surface area contributed by atoms with E-state index in [9.17, 15) is 4.39 Å². The predicted octanol–water partition coefficient (Wildman–Crippen LogP) is 0.956. The van der Waals surface area contributed by atoms with Crippen LogP contribution in [0.3, 0.4) is 0 Å².